The van der Waals surface area contributed by atoms with Crippen molar-refractivity contribution in [2.75, 3.05) is 26.7 Å². The first kappa shape index (κ1) is 19.5. The fraction of sp³-hybridized carbons (Fsp3) is 0.652. The molecule has 1 aromatic heterocycles. The fourth-order valence-corrected chi connectivity index (χ4v) is 6.80. The van der Waals surface area contributed by atoms with Crippen molar-refractivity contribution in [2.24, 2.45) is 11.8 Å². The van der Waals surface area contributed by atoms with Crippen molar-refractivity contribution in [3.05, 3.63) is 39.8 Å². The Morgan fingerprint density at radius 2 is 2.07 bits per heavy atom. The quantitative estimate of drug-likeness (QED) is 0.748. The molecule has 156 valence electrons. The van der Waals surface area contributed by atoms with Crippen molar-refractivity contribution >= 4 is 11.3 Å². The average molecular weight is 413 g/mol. The zero-order valence-electron chi connectivity index (χ0n) is 17.6. The van der Waals surface area contributed by atoms with Crippen LogP contribution in [0.1, 0.15) is 41.3 Å². The molecule has 4 atom stereocenters. The monoisotopic (exact) mass is 412 g/mol. The summed E-state index contributed by atoms with van der Waals surface area (Å²) in [6, 6.07) is 10.1. The maximum atomic E-state index is 5.48. The SMILES string of the molecule is COc1cccc(C[C@H]2[C@H]3C[C@H](CN(Cc4nnc(C)s4)C3)[C@@H]3CCCCN32)c1. The van der Waals surface area contributed by atoms with Crippen LogP contribution < -0.4 is 4.74 Å². The van der Waals surface area contributed by atoms with Gasteiger partial charge in [0.05, 0.1) is 13.7 Å². The lowest BCUT2D eigenvalue weighted by Gasteiger charge is -2.57. The number of nitrogens with zero attached hydrogens (tertiary/aromatic N) is 4. The van der Waals surface area contributed by atoms with Gasteiger partial charge in [-0.05, 0) is 68.7 Å². The Kier molecular flexibility index (Phi) is 5.59. The van der Waals surface area contributed by atoms with E-state index in [0.29, 0.717) is 6.04 Å². The molecule has 0 unspecified atom stereocenters. The highest BCUT2D eigenvalue weighted by atomic mass is 32.1. The van der Waals surface area contributed by atoms with Crippen LogP contribution in [0.3, 0.4) is 0 Å². The van der Waals surface area contributed by atoms with Crippen molar-refractivity contribution < 1.29 is 4.74 Å². The number of likely N-dealkylation sites (tertiary alicyclic amines) is 1. The first-order valence-electron chi connectivity index (χ1n) is 11.1. The van der Waals surface area contributed by atoms with Crippen molar-refractivity contribution in [3.63, 3.8) is 0 Å². The Bertz CT molecular complexity index is 840. The molecule has 5 rings (SSSR count). The summed E-state index contributed by atoms with van der Waals surface area (Å²) in [5.41, 5.74) is 1.41. The molecule has 0 radical (unpaired) electrons. The molecule has 2 aromatic rings. The van der Waals surface area contributed by atoms with Gasteiger partial charge in [0.15, 0.2) is 0 Å². The molecule has 1 aromatic carbocycles. The normalized spacial score (nSPS) is 30.1. The van der Waals surface area contributed by atoms with E-state index >= 15 is 0 Å². The van der Waals surface area contributed by atoms with Crippen molar-refractivity contribution in [2.45, 2.75) is 57.7 Å². The van der Waals surface area contributed by atoms with Gasteiger partial charge in [-0.25, -0.2) is 0 Å². The number of benzene rings is 1. The molecule has 0 amide bonds. The van der Waals surface area contributed by atoms with Gasteiger partial charge < -0.3 is 4.74 Å². The van der Waals surface area contributed by atoms with E-state index in [4.69, 9.17) is 4.74 Å². The zero-order chi connectivity index (χ0) is 19.8. The third kappa shape index (κ3) is 4.07. The minimum atomic E-state index is 0.641. The molecule has 29 heavy (non-hydrogen) atoms. The third-order valence-corrected chi connectivity index (χ3v) is 8.03. The van der Waals surface area contributed by atoms with Gasteiger partial charge in [0.25, 0.3) is 0 Å². The van der Waals surface area contributed by atoms with E-state index in [9.17, 15) is 0 Å². The standard InChI is InChI=1S/C23H32N4OS/c1-16-24-25-23(29-16)15-26-13-18-12-19(14-26)22(27-9-4-3-8-21(18)27)11-17-6-5-7-20(10-17)28-2/h5-7,10,18-19,21-22H,3-4,8-9,11-15H2,1-2H3/t18-,19+,21+,22+/m1/s1. The van der Waals surface area contributed by atoms with Gasteiger partial charge in [0.2, 0.25) is 0 Å². The summed E-state index contributed by atoms with van der Waals surface area (Å²) in [5.74, 6) is 2.52. The number of rotatable bonds is 5. The van der Waals surface area contributed by atoms with Crippen LogP contribution in [0.25, 0.3) is 0 Å². The molecule has 3 aliphatic heterocycles. The number of methoxy groups -OCH3 is 1. The first-order chi connectivity index (χ1) is 14.2. The van der Waals surface area contributed by atoms with Gasteiger partial charge in [-0.2, -0.15) is 0 Å². The van der Waals surface area contributed by atoms with E-state index in [2.05, 4.69) is 51.2 Å². The summed E-state index contributed by atoms with van der Waals surface area (Å²) >= 11 is 1.75. The van der Waals surface area contributed by atoms with Gasteiger partial charge in [0.1, 0.15) is 15.8 Å². The van der Waals surface area contributed by atoms with Crippen LogP contribution in [-0.4, -0.2) is 58.8 Å². The van der Waals surface area contributed by atoms with E-state index < -0.39 is 0 Å². The summed E-state index contributed by atoms with van der Waals surface area (Å²) < 4.78 is 5.48. The van der Waals surface area contributed by atoms with Crippen LogP contribution in [0.2, 0.25) is 0 Å². The molecule has 4 heterocycles. The van der Waals surface area contributed by atoms with E-state index in [-0.39, 0.29) is 0 Å². The second-order valence-corrected chi connectivity index (χ2v) is 10.4. The molecular weight excluding hydrogens is 380 g/mol. The van der Waals surface area contributed by atoms with Crippen LogP contribution >= 0.6 is 11.3 Å². The summed E-state index contributed by atoms with van der Waals surface area (Å²) in [6.45, 7) is 6.71. The lowest BCUT2D eigenvalue weighted by molar-refractivity contribution is -0.0729. The van der Waals surface area contributed by atoms with Gasteiger partial charge >= 0.3 is 0 Å². The topological polar surface area (TPSA) is 41.5 Å². The minimum Gasteiger partial charge on any atom is -0.497 e. The van der Waals surface area contributed by atoms with Crippen LogP contribution in [0, 0.1) is 18.8 Å². The molecule has 3 fully saturated rings. The number of ether oxygens (including phenoxy) is 1. The minimum absolute atomic E-state index is 0.641. The molecule has 3 aliphatic rings. The summed E-state index contributed by atoms with van der Waals surface area (Å²) in [7, 11) is 1.76. The smallest absolute Gasteiger partial charge is 0.131 e. The Hall–Kier alpha value is -1.50. The summed E-state index contributed by atoms with van der Waals surface area (Å²) in [6.07, 6.45) is 6.65. The third-order valence-electron chi connectivity index (χ3n) is 7.20. The summed E-state index contributed by atoms with van der Waals surface area (Å²) in [4.78, 5) is 5.57. The number of hydrogen-bond acceptors (Lipinski definition) is 6. The highest BCUT2D eigenvalue weighted by Gasteiger charge is 2.46. The largest absolute Gasteiger partial charge is 0.497 e. The second-order valence-electron chi connectivity index (χ2n) is 9.09. The lowest BCUT2D eigenvalue weighted by Crippen LogP contribution is -2.63. The van der Waals surface area contributed by atoms with E-state index in [1.807, 2.05) is 0 Å². The van der Waals surface area contributed by atoms with Crippen LogP contribution in [0.4, 0.5) is 0 Å². The Labute approximate surface area is 178 Å². The number of hydrogen-bond donors (Lipinski definition) is 0. The van der Waals surface area contributed by atoms with Crippen molar-refractivity contribution in [3.8, 4) is 5.75 Å². The maximum Gasteiger partial charge on any atom is 0.131 e. The van der Waals surface area contributed by atoms with Gasteiger partial charge in [0, 0.05) is 25.2 Å². The second kappa shape index (κ2) is 8.32. The van der Waals surface area contributed by atoms with Gasteiger partial charge in [-0.3, -0.25) is 9.80 Å². The zero-order valence-corrected chi connectivity index (χ0v) is 18.4. The fourth-order valence-electron chi connectivity index (χ4n) is 6.05. The van der Waals surface area contributed by atoms with Gasteiger partial charge in [-0.1, -0.05) is 18.6 Å². The molecule has 0 saturated carbocycles. The van der Waals surface area contributed by atoms with Gasteiger partial charge in [-0.15, -0.1) is 21.5 Å². The number of aromatic nitrogens is 2. The molecule has 0 aliphatic carbocycles. The van der Waals surface area contributed by atoms with Crippen LogP contribution in [0.5, 0.6) is 5.75 Å². The van der Waals surface area contributed by atoms with Crippen LogP contribution in [-0.2, 0) is 13.0 Å². The molecule has 5 nitrogen and oxygen atoms in total. The highest BCUT2D eigenvalue weighted by molar-refractivity contribution is 7.11. The average Bonchev–Trinajstić information content (AvgIpc) is 3.16. The molecule has 0 spiro atoms. The Morgan fingerprint density at radius 1 is 1.17 bits per heavy atom. The lowest BCUT2D eigenvalue weighted by atomic mass is 9.71. The summed E-state index contributed by atoms with van der Waals surface area (Å²) in [5, 5.41) is 10.9. The van der Waals surface area contributed by atoms with Crippen molar-refractivity contribution in [1.82, 2.24) is 20.0 Å². The Balaban J connectivity index is 1.37. The predicted octanol–water partition coefficient (Wildman–Crippen LogP) is 3.77. The molecule has 2 bridgehead atoms. The molecule has 3 saturated heterocycles. The van der Waals surface area contributed by atoms with Crippen LogP contribution in [0.15, 0.2) is 24.3 Å². The molecule has 6 heteroatoms. The number of piperidine rings is 3. The molecular formula is C23H32N4OS. The Morgan fingerprint density at radius 3 is 2.90 bits per heavy atom. The van der Waals surface area contributed by atoms with E-state index in [1.165, 1.54) is 55.9 Å². The number of fused-ring (bicyclic) bond motifs is 4. The molecule has 0 N–H and O–H groups in total. The predicted molar refractivity (Wildman–Crippen MR) is 116 cm³/mol. The number of aryl methyl sites for hydroxylation is 1. The maximum absolute atomic E-state index is 5.48. The van der Waals surface area contributed by atoms with Crippen molar-refractivity contribution in [1.29, 1.82) is 0 Å². The highest BCUT2D eigenvalue weighted by Crippen LogP contribution is 2.42. The first-order valence-corrected chi connectivity index (χ1v) is 11.9. The van der Waals surface area contributed by atoms with E-state index in [0.717, 1.165) is 41.6 Å². The van der Waals surface area contributed by atoms with E-state index in [1.54, 1.807) is 18.4 Å².